The Morgan fingerprint density at radius 2 is 1.85 bits per heavy atom. The minimum Gasteiger partial charge on any atom is -0.302 e. The fourth-order valence-corrected chi connectivity index (χ4v) is 4.92. The highest BCUT2D eigenvalue weighted by Crippen LogP contribution is 2.31. The summed E-state index contributed by atoms with van der Waals surface area (Å²) >= 11 is 1.40. The zero-order chi connectivity index (χ0) is 19.6. The molecule has 2 aromatic carbocycles. The summed E-state index contributed by atoms with van der Waals surface area (Å²) in [5.74, 6) is -0.251. The molecule has 0 aliphatic carbocycles. The molecule has 0 atom stereocenters. The second-order valence-corrected chi connectivity index (χ2v) is 9.94. The van der Waals surface area contributed by atoms with Gasteiger partial charge in [-0.15, -0.1) is 0 Å². The van der Waals surface area contributed by atoms with Crippen LogP contribution in [0.15, 0.2) is 47.4 Å². The van der Waals surface area contributed by atoms with Crippen molar-refractivity contribution in [3.05, 3.63) is 53.6 Å². The summed E-state index contributed by atoms with van der Waals surface area (Å²) in [4.78, 5) is 17.0. The summed E-state index contributed by atoms with van der Waals surface area (Å²) in [6.45, 7) is 6.09. The van der Waals surface area contributed by atoms with Crippen molar-refractivity contribution in [2.75, 3.05) is 11.1 Å². The number of aromatic nitrogens is 1. The van der Waals surface area contributed by atoms with Crippen LogP contribution in [0.4, 0.5) is 5.13 Å². The lowest BCUT2D eigenvalue weighted by molar-refractivity contribution is -0.115. The van der Waals surface area contributed by atoms with Gasteiger partial charge in [-0.25, -0.2) is 13.4 Å². The van der Waals surface area contributed by atoms with E-state index in [2.05, 4.69) is 24.1 Å². The first-order chi connectivity index (χ1) is 12.8. The van der Waals surface area contributed by atoms with Crippen molar-refractivity contribution in [3.63, 3.8) is 0 Å². The number of para-hydroxylation sites is 1. The van der Waals surface area contributed by atoms with Crippen LogP contribution in [0.5, 0.6) is 0 Å². The third kappa shape index (κ3) is 4.54. The molecule has 5 nitrogen and oxygen atoms in total. The van der Waals surface area contributed by atoms with Gasteiger partial charge in [0.15, 0.2) is 15.0 Å². The van der Waals surface area contributed by atoms with Crippen molar-refractivity contribution in [1.29, 1.82) is 0 Å². The van der Waals surface area contributed by atoms with E-state index in [1.54, 1.807) is 24.3 Å². The first kappa shape index (κ1) is 19.5. The van der Waals surface area contributed by atoms with E-state index in [9.17, 15) is 13.2 Å². The molecular weight excluding hydrogens is 380 g/mol. The highest BCUT2D eigenvalue weighted by atomic mass is 32.2. The lowest BCUT2D eigenvalue weighted by atomic mass is 10.0. The van der Waals surface area contributed by atoms with Gasteiger partial charge in [0.05, 0.1) is 20.9 Å². The topological polar surface area (TPSA) is 76.1 Å². The van der Waals surface area contributed by atoms with Crippen molar-refractivity contribution in [2.45, 2.75) is 38.0 Å². The van der Waals surface area contributed by atoms with E-state index >= 15 is 0 Å². The number of aryl methyl sites for hydroxylation is 1. The molecule has 1 heterocycles. The van der Waals surface area contributed by atoms with Crippen LogP contribution in [0, 0.1) is 6.92 Å². The van der Waals surface area contributed by atoms with E-state index < -0.39 is 9.84 Å². The number of sulfone groups is 1. The van der Waals surface area contributed by atoms with Gasteiger partial charge in [0.25, 0.3) is 0 Å². The smallest absolute Gasteiger partial charge is 0.227 e. The summed E-state index contributed by atoms with van der Waals surface area (Å²) < 4.78 is 25.7. The Labute approximate surface area is 163 Å². The number of rotatable bonds is 6. The molecule has 0 aliphatic rings. The molecule has 0 saturated heterocycles. The molecule has 0 bridgehead atoms. The number of benzene rings is 2. The molecule has 0 spiro atoms. The van der Waals surface area contributed by atoms with Crippen molar-refractivity contribution >= 4 is 42.4 Å². The lowest BCUT2D eigenvalue weighted by Gasteiger charge is -2.05. The number of carbonyl (C=O) groups excluding carboxylic acids is 1. The second kappa shape index (κ2) is 7.78. The Balaban J connectivity index is 1.68. The van der Waals surface area contributed by atoms with Crippen LogP contribution in [-0.2, 0) is 14.6 Å². The number of carbonyl (C=O) groups is 1. The van der Waals surface area contributed by atoms with Gasteiger partial charge in [-0.05, 0) is 36.6 Å². The largest absolute Gasteiger partial charge is 0.302 e. The standard InChI is InChI=1S/C20H22N2O3S2/c1-13(2)16-5-4-6-17-19(16)22-20(26-17)21-18(23)11-12-27(24,25)15-9-7-14(3)8-10-15/h4-10,13H,11-12H2,1-3H3,(H,21,22,23). The minimum atomic E-state index is -3.48. The lowest BCUT2D eigenvalue weighted by Crippen LogP contribution is -2.17. The summed E-state index contributed by atoms with van der Waals surface area (Å²) in [6.07, 6.45) is -0.108. The Hall–Kier alpha value is -2.25. The molecule has 7 heteroatoms. The molecular formula is C20H22N2O3S2. The van der Waals surface area contributed by atoms with E-state index in [4.69, 9.17) is 0 Å². The van der Waals surface area contributed by atoms with Crippen molar-refractivity contribution in [2.24, 2.45) is 0 Å². The Morgan fingerprint density at radius 1 is 1.15 bits per heavy atom. The van der Waals surface area contributed by atoms with Crippen LogP contribution in [0.3, 0.4) is 0 Å². The van der Waals surface area contributed by atoms with Crippen molar-refractivity contribution in [1.82, 2.24) is 4.98 Å². The molecule has 3 rings (SSSR count). The van der Waals surface area contributed by atoms with E-state index in [-0.39, 0.29) is 23.0 Å². The molecule has 1 aromatic heterocycles. The normalized spacial score (nSPS) is 11.9. The zero-order valence-corrected chi connectivity index (χ0v) is 17.2. The number of nitrogens with zero attached hydrogens (tertiary/aromatic N) is 1. The average Bonchev–Trinajstić information content (AvgIpc) is 3.02. The third-order valence-electron chi connectivity index (χ3n) is 4.30. The Morgan fingerprint density at radius 3 is 2.52 bits per heavy atom. The third-order valence-corrected chi connectivity index (χ3v) is 6.96. The monoisotopic (exact) mass is 402 g/mol. The Kier molecular flexibility index (Phi) is 5.62. The molecule has 3 aromatic rings. The van der Waals surface area contributed by atoms with E-state index in [1.165, 1.54) is 11.3 Å². The fraction of sp³-hybridized carbons (Fsp3) is 0.300. The molecule has 1 amide bonds. The molecule has 27 heavy (non-hydrogen) atoms. The number of fused-ring (bicyclic) bond motifs is 1. The van der Waals surface area contributed by atoms with Crippen LogP contribution >= 0.6 is 11.3 Å². The number of thiazole rings is 1. The minimum absolute atomic E-state index is 0.108. The predicted molar refractivity (Wildman–Crippen MR) is 110 cm³/mol. The zero-order valence-electron chi connectivity index (χ0n) is 15.5. The van der Waals surface area contributed by atoms with Gasteiger partial charge >= 0.3 is 0 Å². The van der Waals surface area contributed by atoms with Gasteiger partial charge in [-0.1, -0.05) is 55.0 Å². The van der Waals surface area contributed by atoms with Crippen LogP contribution in [0.2, 0.25) is 0 Å². The Bertz CT molecular complexity index is 1070. The maximum Gasteiger partial charge on any atom is 0.227 e. The molecule has 0 aliphatic heterocycles. The summed E-state index contributed by atoms with van der Waals surface area (Å²) in [5, 5.41) is 3.23. The first-order valence-electron chi connectivity index (χ1n) is 8.75. The summed E-state index contributed by atoms with van der Waals surface area (Å²) in [7, 11) is -3.48. The second-order valence-electron chi connectivity index (χ2n) is 6.80. The maximum absolute atomic E-state index is 12.4. The van der Waals surface area contributed by atoms with Gasteiger partial charge in [-0.3, -0.25) is 4.79 Å². The molecule has 0 radical (unpaired) electrons. The average molecular weight is 403 g/mol. The molecule has 142 valence electrons. The van der Waals surface area contributed by atoms with Gasteiger partial charge in [0.2, 0.25) is 5.91 Å². The van der Waals surface area contributed by atoms with Crippen LogP contribution < -0.4 is 5.32 Å². The maximum atomic E-state index is 12.4. The number of anilines is 1. The summed E-state index contributed by atoms with van der Waals surface area (Å²) in [5.41, 5.74) is 3.01. The van der Waals surface area contributed by atoms with Gasteiger partial charge in [0.1, 0.15) is 0 Å². The molecule has 0 saturated carbocycles. The first-order valence-corrected chi connectivity index (χ1v) is 11.2. The van der Waals surface area contributed by atoms with Crippen LogP contribution in [0.25, 0.3) is 10.2 Å². The number of hydrogen-bond donors (Lipinski definition) is 1. The van der Waals surface area contributed by atoms with Crippen molar-refractivity contribution < 1.29 is 13.2 Å². The number of amides is 1. The fourth-order valence-electron chi connectivity index (χ4n) is 2.76. The predicted octanol–water partition coefficient (Wildman–Crippen LogP) is 4.53. The van der Waals surface area contributed by atoms with Crippen molar-refractivity contribution in [3.8, 4) is 0 Å². The molecule has 0 fully saturated rings. The highest BCUT2D eigenvalue weighted by Gasteiger charge is 2.18. The number of hydrogen-bond acceptors (Lipinski definition) is 5. The van der Waals surface area contributed by atoms with E-state index in [0.717, 1.165) is 21.3 Å². The summed E-state index contributed by atoms with van der Waals surface area (Å²) in [6, 6.07) is 12.6. The molecule has 1 N–H and O–H groups in total. The molecule has 0 unspecified atom stereocenters. The van der Waals surface area contributed by atoms with Gasteiger partial charge in [-0.2, -0.15) is 0 Å². The SMILES string of the molecule is Cc1ccc(S(=O)(=O)CCC(=O)Nc2nc3c(C(C)C)cccc3s2)cc1. The quantitative estimate of drug-likeness (QED) is 0.657. The van der Waals surface area contributed by atoms with Gasteiger partial charge < -0.3 is 5.32 Å². The van der Waals surface area contributed by atoms with E-state index in [0.29, 0.717) is 11.0 Å². The van der Waals surface area contributed by atoms with Crippen LogP contribution in [0.1, 0.15) is 37.3 Å². The van der Waals surface area contributed by atoms with E-state index in [1.807, 2.05) is 25.1 Å². The number of nitrogens with one attached hydrogen (secondary N) is 1. The van der Waals surface area contributed by atoms with Crippen LogP contribution in [-0.4, -0.2) is 25.1 Å². The highest BCUT2D eigenvalue weighted by molar-refractivity contribution is 7.91. The van der Waals surface area contributed by atoms with Gasteiger partial charge in [0, 0.05) is 6.42 Å².